The number of rotatable bonds is 2. The number of ether oxygens (including phenoxy) is 1. The van der Waals surface area contributed by atoms with E-state index in [2.05, 4.69) is 10.1 Å². The summed E-state index contributed by atoms with van der Waals surface area (Å²) < 4.78 is 9.97. The van der Waals surface area contributed by atoms with Crippen LogP contribution in [0.15, 0.2) is 28.8 Å². The van der Waals surface area contributed by atoms with E-state index in [1.807, 2.05) is 25.1 Å². The van der Waals surface area contributed by atoms with Gasteiger partial charge in [0.1, 0.15) is 5.69 Å². The van der Waals surface area contributed by atoms with Gasteiger partial charge in [0.15, 0.2) is 5.76 Å². The Balaban J connectivity index is 2.39. The standard InChI is InChI=1S/C10H10N2O2/c1-7-4-3-5-8(11-7)9-6-10(13-2)12-14-9/h3-6H,1-2H3. The second-order valence-corrected chi connectivity index (χ2v) is 2.90. The molecule has 4 heteroatoms. The number of pyridine rings is 1. The summed E-state index contributed by atoms with van der Waals surface area (Å²) in [5.41, 5.74) is 1.71. The Kier molecular flexibility index (Phi) is 2.18. The van der Waals surface area contributed by atoms with Crippen LogP contribution < -0.4 is 4.74 Å². The van der Waals surface area contributed by atoms with E-state index >= 15 is 0 Å². The van der Waals surface area contributed by atoms with Gasteiger partial charge in [0.25, 0.3) is 5.88 Å². The van der Waals surface area contributed by atoms with Crippen LogP contribution in [-0.2, 0) is 0 Å². The Bertz CT molecular complexity index is 437. The predicted molar refractivity (Wildman–Crippen MR) is 51.0 cm³/mol. The monoisotopic (exact) mass is 190 g/mol. The van der Waals surface area contributed by atoms with Crippen LogP contribution >= 0.6 is 0 Å². The lowest BCUT2D eigenvalue weighted by Gasteiger charge is -1.94. The first-order valence-electron chi connectivity index (χ1n) is 4.24. The summed E-state index contributed by atoms with van der Waals surface area (Å²) in [6.07, 6.45) is 0. The van der Waals surface area contributed by atoms with E-state index in [9.17, 15) is 0 Å². The summed E-state index contributed by atoms with van der Waals surface area (Å²) in [6, 6.07) is 7.43. The number of aryl methyl sites for hydroxylation is 1. The van der Waals surface area contributed by atoms with Crippen LogP contribution in [-0.4, -0.2) is 17.3 Å². The smallest absolute Gasteiger partial charge is 0.254 e. The lowest BCUT2D eigenvalue weighted by molar-refractivity contribution is 0.342. The van der Waals surface area contributed by atoms with Crippen molar-refractivity contribution in [2.75, 3.05) is 7.11 Å². The maximum atomic E-state index is 5.06. The van der Waals surface area contributed by atoms with Crippen LogP contribution in [0, 0.1) is 6.92 Å². The summed E-state index contributed by atoms with van der Waals surface area (Å²) in [5, 5.41) is 3.70. The third-order valence-electron chi connectivity index (χ3n) is 1.84. The van der Waals surface area contributed by atoms with Gasteiger partial charge in [-0.1, -0.05) is 6.07 Å². The molecule has 0 unspecified atom stereocenters. The van der Waals surface area contributed by atoms with E-state index in [0.717, 1.165) is 11.4 Å². The highest BCUT2D eigenvalue weighted by Gasteiger charge is 2.07. The molecule has 2 heterocycles. The van der Waals surface area contributed by atoms with Gasteiger partial charge in [0.05, 0.1) is 13.2 Å². The molecule has 0 bridgehead atoms. The fourth-order valence-electron chi connectivity index (χ4n) is 1.16. The van der Waals surface area contributed by atoms with Crippen LogP contribution in [0.2, 0.25) is 0 Å². The van der Waals surface area contributed by atoms with Crippen molar-refractivity contribution in [1.82, 2.24) is 10.1 Å². The molecule has 0 aliphatic heterocycles. The molecule has 0 aromatic carbocycles. The first-order valence-corrected chi connectivity index (χ1v) is 4.24. The number of aromatic nitrogens is 2. The molecule has 0 fully saturated rings. The summed E-state index contributed by atoms with van der Waals surface area (Å²) >= 11 is 0. The molecule has 0 amide bonds. The van der Waals surface area contributed by atoms with Gasteiger partial charge in [0, 0.05) is 5.69 Å². The number of hydrogen-bond acceptors (Lipinski definition) is 4. The molecule has 0 spiro atoms. The van der Waals surface area contributed by atoms with Crippen molar-refractivity contribution in [3.8, 4) is 17.3 Å². The Hall–Kier alpha value is -1.84. The first-order chi connectivity index (χ1) is 6.79. The quantitative estimate of drug-likeness (QED) is 0.727. The summed E-state index contributed by atoms with van der Waals surface area (Å²) in [6.45, 7) is 1.93. The molecule has 0 aliphatic carbocycles. The van der Waals surface area contributed by atoms with Gasteiger partial charge < -0.3 is 9.26 Å². The minimum Gasteiger partial charge on any atom is -0.479 e. The Morgan fingerprint density at radius 3 is 2.86 bits per heavy atom. The predicted octanol–water partition coefficient (Wildman–Crippen LogP) is 2.05. The van der Waals surface area contributed by atoms with Gasteiger partial charge in [-0.3, -0.25) is 0 Å². The summed E-state index contributed by atoms with van der Waals surface area (Å²) in [4.78, 5) is 4.30. The van der Waals surface area contributed by atoms with E-state index in [4.69, 9.17) is 9.26 Å². The molecule has 0 N–H and O–H groups in total. The highest BCUT2D eigenvalue weighted by atomic mass is 16.5. The maximum Gasteiger partial charge on any atom is 0.254 e. The lowest BCUT2D eigenvalue weighted by Crippen LogP contribution is -1.83. The van der Waals surface area contributed by atoms with E-state index in [1.54, 1.807) is 13.2 Å². The molecule has 2 aromatic heterocycles. The minimum atomic E-state index is 0.461. The molecular weight excluding hydrogens is 180 g/mol. The summed E-state index contributed by atoms with van der Waals surface area (Å²) in [5.74, 6) is 1.08. The minimum absolute atomic E-state index is 0.461. The van der Waals surface area contributed by atoms with Crippen LogP contribution in [0.5, 0.6) is 5.88 Å². The van der Waals surface area contributed by atoms with E-state index < -0.39 is 0 Å². The molecule has 0 saturated heterocycles. The Labute approximate surface area is 81.5 Å². The average molecular weight is 190 g/mol. The zero-order valence-electron chi connectivity index (χ0n) is 8.02. The van der Waals surface area contributed by atoms with Crippen molar-refractivity contribution in [1.29, 1.82) is 0 Å². The molecular formula is C10H10N2O2. The van der Waals surface area contributed by atoms with Crippen LogP contribution in [0.1, 0.15) is 5.69 Å². The fourth-order valence-corrected chi connectivity index (χ4v) is 1.16. The van der Waals surface area contributed by atoms with Crippen LogP contribution in [0.4, 0.5) is 0 Å². The molecule has 0 radical (unpaired) electrons. The van der Waals surface area contributed by atoms with E-state index in [1.165, 1.54) is 0 Å². The molecule has 0 aliphatic rings. The SMILES string of the molecule is COc1cc(-c2cccc(C)n2)on1. The number of methoxy groups -OCH3 is 1. The molecule has 2 rings (SSSR count). The highest BCUT2D eigenvalue weighted by molar-refractivity contribution is 5.52. The second kappa shape index (κ2) is 3.49. The average Bonchev–Trinajstić information content (AvgIpc) is 2.66. The van der Waals surface area contributed by atoms with Crippen LogP contribution in [0.25, 0.3) is 11.5 Å². The number of hydrogen-bond donors (Lipinski definition) is 0. The Morgan fingerprint density at radius 1 is 1.36 bits per heavy atom. The number of nitrogens with zero attached hydrogens (tertiary/aromatic N) is 2. The molecule has 72 valence electrons. The van der Waals surface area contributed by atoms with Crippen molar-refractivity contribution in [2.24, 2.45) is 0 Å². The van der Waals surface area contributed by atoms with Crippen molar-refractivity contribution in [3.63, 3.8) is 0 Å². The van der Waals surface area contributed by atoms with Gasteiger partial charge in [-0.15, -0.1) is 0 Å². The summed E-state index contributed by atoms with van der Waals surface area (Å²) in [7, 11) is 1.55. The third kappa shape index (κ3) is 1.59. The molecule has 14 heavy (non-hydrogen) atoms. The van der Waals surface area contributed by atoms with Gasteiger partial charge in [-0.2, -0.15) is 0 Å². The Morgan fingerprint density at radius 2 is 2.21 bits per heavy atom. The largest absolute Gasteiger partial charge is 0.479 e. The fraction of sp³-hybridized carbons (Fsp3) is 0.200. The van der Waals surface area contributed by atoms with Crippen molar-refractivity contribution in [2.45, 2.75) is 6.92 Å². The lowest BCUT2D eigenvalue weighted by atomic mass is 10.2. The maximum absolute atomic E-state index is 5.06. The van der Waals surface area contributed by atoms with Gasteiger partial charge in [0.2, 0.25) is 0 Å². The zero-order chi connectivity index (χ0) is 9.97. The van der Waals surface area contributed by atoms with Gasteiger partial charge in [-0.05, 0) is 24.2 Å². The first kappa shape index (κ1) is 8.74. The van der Waals surface area contributed by atoms with Crippen molar-refractivity contribution >= 4 is 0 Å². The molecule has 0 atom stereocenters. The van der Waals surface area contributed by atoms with E-state index in [-0.39, 0.29) is 0 Å². The third-order valence-corrected chi connectivity index (χ3v) is 1.84. The molecule has 2 aromatic rings. The molecule has 4 nitrogen and oxygen atoms in total. The van der Waals surface area contributed by atoms with Crippen LogP contribution in [0.3, 0.4) is 0 Å². The zero-order valence-corrected chi connectivity index (χ0v) is 8.02. The second-order valence-electron chi connectivity index (χ2n) is 2.90. The molecule has 0 saturated carbocycles. The van der Waals surface area contributed by atoms with Gasteiger partial charge in [-0.25, -0.2) is 4.98 Å². The van der Waals surface area contributed by atoms with Crippen molar-refractivity contribution in [3.05, 3.63) is 30.0 Å². The van der Waals surface area contributed by atoms with Crippen molar-refractivity contribution < 1.29 is 9.26 Å². The topological polar surface area (TPSA) is 48.2 Å². The van der Waals surface area contributed by atoms with Gasteiger partial charge >= 0.3 is 0 Å². The normalized spacial score (nSPS) is 10.1. The highest BCUT2D eigenvalue weighted by Crippen LogP contribution is 2.21. The van der Waals surface area contributed by atoms with E-state index in [0.29, 0.717) is 11.6 Å².